The van der Waals surface area contributed by atoms with Gasteiger partial charge >= 0.3 is 6.03 Å². The molecular formula is C10H20N4O3. The molecule has 0 bridgehead atoms. The maximum Gasteiger partial charge on any atom is 0.321 e. The molecule has 0 aliphatic rings. The molecule has 0 aromatic rings. The van der Waals surface area contributed by atoms with Crippen LogP contribution in [0.4, 0.5) is 4.79 Å². The molecule has 1 atom stereocenters. The molecule has 0 spiro atoms. The van der Waals surface area contributed by atoms with Crippen LogP contribution in [0, 0.1) is 0 Å². The topological polar surface area (TPSA) is 90.5 Å². The van der Waals surface area contributed by atoms with Crippen LogP contribution >= 0.6 is 0 Å². The van der Waals surface area contributed by atoms with Gasteiger partial charge in [0, 0.05) is 20.6 Å². The van der Waals surface area contributed by atoms with Gasteiger partial charge in [0.15, 0.2) is 0 Å². The Morgan fingerprint density at radius 2 is 1.88 bits per heavy atom. The summed E-state index contributed by atoms with van der Waals surface area (Å²) in [6, 6.07) is -1.18. The van der Waals surface area contributed by atoms with Gasteiger partial charge in [-0.1, -0.05) is 0 Å². The first kappa shape index (κ1) is 15.4. The highest BCUT2D eigenvalue weighted by Crippen LogP contribution is 1.86. The molecule has 0 aliphatic carbocycles. The molecule has 0 rings (SSSR count). The Hall–Kier alpha value is -1.63. The second-order valence-corrected chi connectivity index (χ2v) is 3.58. The van der Waals surface area contributed by atoms with Crippen molar-refractivity contribution in [3.8, 4) is 0 Å². The maximum absolute atomic E-state index is 11.4. The molecule has 0 aromatic carbocycles. The summed E-state index contributed by atoms with van der Waals surface area (Å²) in [5.74, 6) is -0.580. The van der Waals surface area contributed by atoms with Gasteiger partial charge < -0.3 is 10.2 Å². The Kier molecular flexibility index (Phi) is 6.88. The molecule has 0 fully saturated rings. The summed E-state index contributed by atoms with van der Waals surface area (Å²) in [6.45, 7) is 4.11. The summed E-state index contributed by atoms with van der Waals surface area (Å²) >= 11 is 0. The third-order valence-corrected chi connectivity index (χ3v) is 2.32. The minimum absolute atomic E-state index is 0.0622. The Morgan fingerprint density at radius 1 is 1.29 bits per heavy atom. The molecule has 0 aromatic heterocycles. The highest BCUT2D eigenvalue weighted by Gasteiger charge is 2.16. The number of imide groups is 1. The number of hydrogen-bond acceptors (Lipinski definition) is 4. The van der Waals surface area contributed by atoms with Crippen molar-refractivity contribution in [2.45, 2.75) is 19.9 Å². The molecule has 3 N–H and O–H groups in total. The monoisotopic (exact) mass is 244 g/mol. The van der Waals surface area contributed by atoms with E-state index in [-0.39, 0.29) is 12.5 Å². The van der Waals surface area contributed by atoms with E-state index in [1.54, 1.807) is 14.0 Å². The quantitative estimate of drug-likeness (QED) is 0.572. The highest BCUT2D eigenvalue weighted by atomic mass is 16.2. The Morgan fingerprint density at radius 3 is 2.35 bits per heavy atom. The van der Waals surface area contributed by atoms with Gasteiger partial charge in [-0.25, -0.2) is 4.79 Å². The first-order valence-electron chi connectivity index (χ1n) is 5.42. The number of carbonyl (C=O) groups is 3. The Balaban J connectivity index is 4.01. The number of likely N-dealkylation sites (N-methyl/N-ethyl adjacent to an activating group) is 1. The van der Waals surface area contributed by atoms with E-state index in [0.29, 0.717) is 6.54 Å². The van der Waals surface area contributed by atoms with E-state index in [2.05, 4.69) is 16.0 Å². The van der Waals surface area contributed by atoms with Gasteiger partial charge in [0.25, 0.3) is 0 Å². The maximum atomic E-state index is 11.4. The van der Waals surface area contributed by atoms with Crippen LogP contribution in [0.1, 0.15) is 13.8 Å². The number of rotatable bonds is 5. The van der Waals surface area contributed by atoms with Crippen molar-refractivity contribution in [3.05, 3.63) is 0 Å². The second kappa shape index (κ2) is 7.61. The van der Waals surface area contributed by atoms with Crippen LogP contribution in [0.3, 0.4) is 0 Å². The number of urea groups is 1. The molecule has 0 saturated carbocycles. The Bertz CT molecular complexity index is 293. The smallest absolute Gasteiger partial charge is 0.321 e. The first-order valence-corrected chi connectivity index (χ1v) is 5.42. The zero-order chi connectivity index (χ0) is 13.4. The molecule has 1 unspecified atom stereocenters. The normalized spacial score (nSPS) is 11.5. The molecule has 0 radical (unpaired) electrons. The van der Waals surface area contributed by atoms with E-state index in [1.165, 1.54) is 11.9 Å². The van der Waals surface area contributed by atoms with Crippen molar-refractivity contribution < 1.29 is 14.4 Å². The van der Waals surface area contributed by atoms with Crippen LogP contribution < -0.4 is 16.0 Å². The lowest BCUT2D eigenvalue weighted by Gasteiger charge is -2.17. The SMILES string of the molecule is CCN(C)C(=O)CNC(C)C(=O)NC(=O)NC. The fraction of sp³-hybridized carbons (Fsp3) is 0.700. The molecule has 17 heavy (non-hydrogen) atoms. The fourth-order valence-electron chi connectivity index (χ4n) is 0.927. The molecule has 98 valence electrons. The molecule has 0 aliphatic heterocycles. The van der Waals surface area contributed by atoms with Crippen LogP contribution in [-0.2, 0) is 9.59 Å². The zero-order valence-corrected chi connectivity index (χ0v) is 10.7. The lowest BCUT2D eigenvalue weighted by atomic mass is 10.3. The van der Waals surface area contributed by atoms with E-state index in [0.717, 1.165) is 0 Å². The number of nitrogens with zero attached hydrogens (tertiary/aromatic N) is 1. The predicted octanol–water partition coefficient (Wildman–Crippen LogP) is -1.10. The average Bonchev–Trinajstić information content (AvgIpc) is 2.33. The summed E-state index contributed by atoms with van der Waals surface area (Å²) in [5.41, 5.74) is 0. The van der Waals surface area contributed by atoms with Crippen molar-refractivity contribution in [1.29, 1.82) is 0 Å². The van der Waals surface area contributed by atoms with E-state index in [9.17, 15) is 14.4 Å². The van der Waals surface area contributed by atoms with E-state index in [4.69, 9.17) is 0 Å². The predicted molar refractivity (Wildman–Crippen MR) is 63.4 cm³/mol. The summed E-state index contributed by atoms with van der Waals surface area (Å²) in [6.07, 6.45) is 0. The van der Waals surface area contributed by atoms with Gasteiger partial charge in [0.1, 0.15) is 0 Å². The van der Waals surface area contributed by atoms with Gasteiger partial charge in [-0.3, -0.25) is 20.2 Å². The third kappa shape index (κ3) is 5.86. The van der Waals surface area contributed by atoms with E-state index >= 15 is 0 Å². The van der Waals surface area contributed by atoms with Crippen LogP contribution in [0.2, 0.25) is 0 Å². The molecule has 7 nitrogen and oxygen atoms in total. The van der Waals surface area contributed by atoms with Crippen molar-refractivity contribution in [2.24, 2.45) is 0 Å². The van der Waals surface area contributed by atoms with E-state index < -0.39 is 18.0 Å². The number of hydrogen-bond donors (Lipinski definition) is 3. The van der Waals surface area contributed by atoms with Crippen LogP contribution in [0.5, 0.6) is 0 Å². The summed E-state index contributed by atoms with van der Waals surface area (Å²) < 4.78 is 0. The minimum Gasteiger partial charge on any atom is -0.345 e. The van der Waals surface area contributed by atoms with Crippen molar-refractivity contribution >= 4 is 17.8 Å². The summed E-state index contributed by atoms with van der Waals surface area (Å²) in [5, 5.41) is 7.13. The third-order valence-electron chi connectivity index (χ3n) is 2.32. The molecule has 7 heteroatoms. The largest absolute Gasteiger partial charge is 0.345 e. The number of nitrogens with one attached hydrogen (secondary N) is 3. The average molecular weight is 244 g/mol. The second-order valence-electron chi connectivity index (χ2n) is 3.58. The van der Waals surface area contributed by atoms with Crippen LogP contribution in [0.15, 0.2) is 0 Å². The lowest BCUT2D eigenvalue weighted by molar-refractivity contribution is -0.129. The number of carbonyl (C=O) groups excluding carboxylic acids is 3. The van der Waals surface area contributed by atoms with Gasteiger partial charge in [0.2, 0.25) is 11.8 Å². The van der Waals surface area contributed by atoms with Crippen molar-refractivity contribution in [3.63, 3.8) is 0 Å². The van der Waals surface area contributed by atoms with Gasteiger partial charge in [-0.05, 0) is 13.8 Å². The first-order chi connectivity index (χ1) is 7.92. The standard InChI is InChI=1S/C10H20N4O3/c1-5-14(4)8(15)6-12-7(2)9(16)13-10(17)11-3/h7,12H,5-6H2,1-4H3,(H2,11,13,16,17). The van der Waals surface area contributed by atoms with Crippen LogP contribution in [-0.4, -0.2) is 56.0 Å². The summed E-state index contributed by atoms with van der Waals surface area (Å²) in [4.78, 5) is 35.2. The zero-order valence-electron chi connectivity index (χ0n) is 10.7. The van der Waals surface area contributed by atoms with Gasteiger partial charge in [-0.2, -0.15) is 0 Å². The van der Waals surface area contributed by atoms with Crippen molar-refractivity contribution in [2.75, 3.05) is 27.2 Å². The highest BCUT2D eigenvalue weighted by molar-refractivity contribution is 5.96. The van der Waals surface area contributed by atoms with Crippen LogP contribution in [0.25, 0.3) is 0 Å². The minimum atomic E-state index is -0.610. The molecule has 0 saturated heterocycles. The van der Waals surface area contributed by atoms with Gasteiger partial charge in [-0.15, -0.1) is 0 Å². The van der Waals surface area contributed by atoms with Crippen molar-refractivity contribution in [1.82, 2.24) is 20.9 Å². The van der Waals surface area contributed by atoms with Gasteiger partial charge in [0.05, 0.1) is 12.6 Å². The molecular weight excluding hydrogens is 224 g/mol. The summed E-state index contributed by atoms with van der Waals surface area (Å²) in [7, 11) is 3.10. The fourth-order valence-corrected chi connectivity index (χ4v) is 0.927. The molecule has 0 heterocycles. The lowest BCUT2D eigenvalue weighted by Crippen LogP contribution is -2.49. The number of amides is 4. The van der Waals surface area contributed by atoms with E-state index in [1.807, 2.05) is 6.92 Å². The molecule has 4 amide bonds. The Labute approximate surface area is 101 Å².